The summed E-state index contributed by atoms with van der Waals surface area (Å²) < 4.78 is 12.0. The van der Waals surface area contributed by atoms with Crippen molar-refractivity contribution < 1.29 is 8.83 Å². The van der Waals surface area contributed by atoms with Crippen LogP contribution in [0.2, 0.25) is 0 Å². The van der Waals surface area contributed by atoms with E-state index >= 15 is 0 Å². The number of hydrogen-bond acceptors (Lipinski definition) is 6. The maximum atomic E-state index is 6.30. The van der Waals surface area contributed by atoms with Gasteiger partial charge in [-0.05, 0) is 48.2 Å². The fraction of sp³-hybridized carbons (Fsp3) is 0.188. The average Bonchev–Trinajstić information content (AvgIpc) is 3.73. The molecular formula is C32H28N4O2. The molecule has 6 nitrogen and oxygen atoms in total. The Balaban J connectivity index is 1.28. The zero-order chi connectivity index (χ0) is 25.5. The highest BCUT2D eigenvalue weighted by Crippen LogP contribution is 2.38. The van der Waals surface area contributed by atoms with Gasteiger partial charge in [0.15, 0.2) is 5.82 Å². The Morgan fingerprint density at radius 2 is 1.58 bits per heavy atom. The molecule has 0 saturated carbocycles. The Kier molecular flexibility index (Phi) is 5.67. The third-order valence-electron chi connectivity index (χ3n) is 7.51. The van der Waals surface area contributed by atoms with Gasteiger partial charge in [0.25, 0.3) is 0 Å². The molecule has 3 aromatic carbocycles. The van der Waals surface area contributed by atoms with Gasteiger partial charge in [0.05, 0.1) is 12.0 Å². The van der Waals surface area contributed by atoms with Crippen LogP contribution >= 0.6 is 0 Å². The van der Waals surface area contributed by atoms with E-state index in [9.17, 15) is 0 Å². The topological polar surface area (TPSA) is 58.0 Å². The van der Waals surface area contributed by atoms with Crippen molar-refractivity contribution in [1.82, 2.24) is 9.88 Å². The van der Waals surface area contributed by atoms with Crippen LogP contribution in [0.25, 0.3) is 22.8 Å². The number of nitrogens with zero attached hydrogens (tertiary/aromatic N) is 4. The summed E-state index contributed by atoms with van der Waals surface area (Å²) in [6.07, 6.45) is 3.58. The highest BCUT2D eigenvalue weighted by Gasteiger charge is 2.37. The van der Waals surface area contributed by atoms with Gasteiger partial charge in [-0.15, -0.1) is 0 Å². The lowest BCUT2D eigenvalue weighted by Crippen LogP contribution is -2.46. The lowest BCUT2D eigenvalue weighted by atomic mass is 9.98. The molecule has 7 rings (SSSR count). The molecule has 0 saturated heterocycles. The molecule has 0 radical (unpaired) electrons. The van der Waals surface area contributed by atoms with Crippen LogP contribution in [0.1, 0.15) is 28.9 Å². The van der Waals surface area contributed by atoms with E-state index < -0.39 is 0 Å². The monoisotopic (exact) mass is 500 g/mol. The summed E-state index contributed by atoms with van der Waals surface area (Å²) in [6.45, 7) is 3.83. The van der Waals surface area contributed by atoms with E-state index in [4.69, 9.17) is 18.9 Å². The summed E-state index contributed by atoms with van der Waals surface area (Å²) in [4.78, 5) is 7.55. The van der Waals surface area contributed by atoms with Crippen molar-refractivity contribution in [1.29, 1.82) is 0 Å². The molecule has 2 aromatic heterocycles. The number of aromatic nitrogens is 1. The summed E-state index contributed by atoms with van der Waals surface area (Å²) in [7, 11) is 0. The van der Waals surface area contributed by atoms with Gasteiger partial charge in [0.2, 0.25) is 5.89 Å². The van der Waals surface area contributed by atoms with E-state index in [0.29, 0.717) is 5.89 Å². The highest BCUT2D eigenvalue weighted by atomic mass is 16.4. The first-order valence-electron chi connectivity index (χ1n) is 13.1. The van der Waals surface area contributed by atoms with E-state index in [1.54, 1.807) is 6.26 Å². The molecule has 0 fully saturated rings. The standard InChI is InChI=1S/C32H28N4O2/c1-22-31(33-32(38-22)27-15-8-7-14-26(27)29-16-9-19-37-29)36-30(20-28(34-36)24-11-3-2-4-12-24)35-18-17-23-10-5-6-13-25(23)21-35/h2-16,19,30H,17-18,20-21H2,1H3. The van der Waals surface area contributed by atoms with E-state index in [1.165, 1.54) is 11.1 Å². The third kappa shape index (κ3) is 4.03. The molecule has 188 valence electrons. The van der Waals surface area contributed by atoms with Gasteiger partial charge in [-0.2, -0.15) is 10.1 Å². The van der Waals surface area contributed by atoms with Crippen molar-refractivity contribution in [2.75, 3.05) is 11.6 Å². The normalized spacial score (nSPS) is 17.4. The van der Waals surface area contributed by atoms with E-state index in [-0.39, 0.29) is 6.17 Å². The molecule has 2 aliphatic rings. The van der Waals surface area contributed by atoms with E-state index in [2.05, 4.69) is 58.4 Å². The molecule has 2 aliphatic heterocycles. The predicted octanol–water partition coefficient (Wildman–Crippen LogP) is 6.91. The van der Waals surface area contributed by atoms with Crippen molar-refractivity contribution in [3.63, 3.8) is 0 Å². The van der Waals surface area contributed by atoms with E-state index in [0.717, 1.165) is 65.7 Å². The van der Waals surface area contributed by atoms with Crippen LogP contribution < -0.4 is 5.01 Å². The second-order valence-electron chi connectivity index (χ2n) is 9.85. The van der Waals surface area contributed by atoms with Crippen LogP contribution in [0, 0.1) is 6.92 Å². The van der Waals surface area contributed by atoms with Crippen LogP contribution in [0.4, 0.5) is 5.82 Å². The van der Waals surface area contributed by atoms with Crippen molar-refractivity contribution in [3.8, 4) is 22.8 Å². The lowest BCUT2D eigenvalue weighted by molar-refractivity contribution is 0.183. The molecule has 0 N–H and O–H groups in total. The summed E-state index contributed by atoms with van der Waals surface area (Å²) in [5.74, 6) is 2.85. The largest absolute Gasteiger partial charge is 0.464 e. The first-order chi connectivity index (χ1) is 18.7. The molecule has 4 heterocycles. The maximum Gasteiger partial charge on any atom is 0.229 e. The molecule has 1 unspecified atom stereocenters. The van der Waals surface area contributed by atoms with Crippen LogP contribution in [-0.4, -0.2) is 28.3 Å². The molecule has 0 spiro atoms. The predicted molar refractivity (Wildman–Crippen MR) is 149 cm³/mol. The molecule has 0 amide bonds. The van der Waals surface area contributed by atoms with Crippen molar-refractivity contribution in [2.24, 2.45) is 5.10 Å². The SMILES string of the molecule is Cc1oc(-c2ccccc2-c2ccco2)nc1N1N=C(c2ccccc2)CC1N1CCc2ccccc2C1. The van der Waals surface area contributed by atoms with E-state index in [1.807, 2.05) is 49.4 Å². The minimum absolute atomic E-state index is 0.0514. The smallest absolute Gasteiger partial charge is 0.229 e. The minimum atomic E-state index is 0.0514. The number of fused-ring (bicyclic) bond motifs is 1. The summed E-state index contributed by atoms with van der Waals surface area (Å²) in [5, 5.41) is 7.23. The highest BCUT2D eigenvalue weighted by molar-refractivity contribution is 6.03. The number of hydrazone groups is 1. The number of anilines is 1. The molecule has 5 aromatic rings. The Bertz CT molecular complexity index is 1600. The Labute approximate surface area is 221 Å². The van der Waals surface area contributed by atoms with Crippen LogP contribution in [0.3, 0.4) is 0 Å². The van der Waals surface area contributed by atoms with Gasteiger partial charge in [0, 0.05) is 30.6 Å². The number of hydrogen-bond donors (Lipinski definition) is 0. The summed E-state index contributed by atoms with van der Waals surface area (Å²) in [6, 6.07) is 31.1. The van der Waals surface area contributed by atoms with Crippen LogP contribution in [0.15, 0.2) is 111 Å². The minimum Gasteiger partial charge on any atom is -0.464 e. The van der Waals surface area contributed by atoms with Gasteiger partial charge in [-0.1, -0.05) is 72.8 Å². The second-order valence-corrected chi connectivity index (χ2v) is 9.85. The van der Waals surface area contributed by atoms with Crippen molar-refractivity contribution in [2.45, 2.75) is 32.5 Å². The molecule has 0 aliphatic carbocycles. The Hall–Kier alpha value is -4.42. The molecule has 6 heteroatoms. The number of rotatable bonds is 5. The number of aryl methyl sites for hydroxylation is 1. The van der Waals surface area contributed by atoms with Gasteiger partial charge >= 0.3 is 0 Å². The number of furan rings is 1. The fourth-order valence-corrected chi connectivity index (χ4v) is 5.58. The second kappa shape index (κ2) is 9.47. The Morgan fingerprint density at radius 3 is 2.39 bits per heavy atom. The third-order valence-corrected chi connectivity index (χ3v) is 7.51. The first-order valence-corrected chi connectivity index (χ1v) is 13.1. The first kappa shape index (κ1) is 22.8. The van der Waals surface area contributed by atoms with Crippen molar-refractivity contribution in [3.05, 3.63) is 120 Å². The quantitative estimate of drug-likeness (QED) is 0.262. The zero-order valence-corrected chi connectivity index (χ0v) is 21.2. The maximum absolute atomic E-state index is 6.30. The number of benzene rings is 3. The lowest BCUT2D eigenvalue weighted by Gasteiger charge is -2.36. The van der Waals surface area contributed by atoms with Gasteiger partial charge < -0.3 is 8.83 Å². The average molecular weight is 501 g/mol. The molecule has 0 bridgehead atoms. The summed E-state index contributed by atoms with van der Waals surface area (Å²) >= 11 is 0. The van der Waals surface area contributed by atoms with Gasteiger partial charge in [-0.3, -0.25) is 4.90 Å². The molecule has 1 atom stereocenters. The van der Waals surface area contributed by atoms with Crippen LogP contribution in [-0.2, 0) is 13.0 Å². The van der Waals surface area contributed by atoms with Gasteiger partial charge in [0.1, 0.15) is 17.7 Å². The fourth-order valence-electron chi connectivity index (χ4n) is 5.58. The zero-order valence-electron chi connectivity index (χ0n) is 21.2. The summed E-state index contributed by atoms with van der Waals surface area (Å²) in [5.41, 5.74) is 6.87. The van der Waals surface area contributed by atoms with Gasteiger partial charge in [-0.25, -0.2) is 5.01 Å². The Morgan fingerprint density at radius 1 is 0.816 bits per heavy atom. The van der Waals surface area contributed by atoms with Crippen LogP contribution in [0.5, 0.6) is 0 Å². The number of oxazole rings is 1. The molecule has 38 heavy (non-hydrogen) atoms. The molecular weight excluding hydrogens is 472 g/mol. The van der Waals surface area contributed by atoms with Crippen molar-refractivity contribution >= 4 is 11.5 Å².